The van der Waals surface area contributed by atoms with Gasteiger partial charge in [0.15, 0.2) is 0 Å². The van der Waals surface area contributed by atoms with Crippen LogP contribution < -0.4 is 11.1 Å². The van der Waals surface area contributed by atoms with E-state index in [0.29, 0.717) is 0 Å². The van der Waals surface area contributed by atoms with E-state index in [1.807, 2.05) is 7.05 Å². The Bertz CT molecular complexity index is 122. The first kappa shape index (κ1) is 11.9. The zero-order valence-electron chi connectivity index (χ0n) is 9.20. The molecule has 0 aromatic carbocycles. The van der Waals surface area contributed by atoms with E-state index in [-0.39, 0.29) is 11.1 Å². The predicted octanol–water partition coefficient (Wildman–Crippen LogP) is 1.89. The summed E-state index contributed by atoms with van der Waals surface area (Å²) in [5, 5.41) is 3.29. The van der Waals surface area contributed by atoms with Gasteiger partial charge in [-0.1, -0.05) is 0 Å². The van der Waals surface area contributed by atoms with Crippen LogP contribution in [-0.4, -0.2) is 18.1 Å². The van der Waals surface area contributed by atoms with Gasteiger partial charge in [-0.05, 0) is 54.0 Å². The molecule has 0 spiro atoms. The Morgan fingerprint density at radius 3 is 1.92 bits per heavy atom. The molecule has 0 radical (unpaired) electrons. The van der Waals surface area contributed by atoms with Crippen molar-refractivity contribution in [3.63, 3.8) is 0 Å². The second kappa shape index (κ2) is 4.24. The summed E-state index contributed by atoms with van der Waals surface area (Å²) in [4.78, 5) is 0. The first-order chi connectivity index (χ1) is 5.27. The quantitative estimate of drug-likeness (QED) is 0.664. The molecular weight excluding hydrogens is 148 g/mol. The van der Waals surface area contributed by atoms with E-state index in [1.54, 1.807) is 0 Å². The molecule has 0 unspecified atom stereocenters. The molecule has 0 amide bonds. The van der Waals surface area contributed by atoms with Gasteiger partial charge in [0, 0.05) is 11.1 Å². The predicted molar refractivity (Wildman–Crippen MR) is 55.3 cm³/mol. The van der Waals surface area contributed by atoms with Crippen molar-refractivity contribution in [2.45, 2.75) is 58.0 Å². The maximum absolute atomic E-state index is 5.89. The van der Waals surface area contributed by atoms with Gasteiger partial charge in [0.2, 0.25) is 0 Å². The molecule has 0 aliphatic rings. The highest BCUT2D eigenvalue weighted by Gasteiger charge is 2.16. The minimum absolute atomic E-state index is 0.0101. The van der Waals surface area contributed by atoms with E-state index in [2.05, 4.69) is 33.0 Å². The highest BCUT2D eigenvalue weighted by atomic mass is 14.9. The second-order valence-electron chi connectivity index (χ2n) is 4.98. The van der Waals surface area contributed by atoms with Crippen LogP contribution in [0.25, 0.3) is 0 Å². The Kier molecular flexibility index (Phi) is 4.21. The molecule has 0 saturated heterocycles. The van der Waals surface area contributed by atoms with Crippen molar-refractivity contribution in [1.29, 1.82) is 0 Å². The van der Waals surface area contributed by atoms with E-state index in [1.165, 1.54) is 12.8 Å². The minimum atomic E-state index is -0.0101. The van der Waals surface area contributed by atoms with Gasteiger partial charge in [0.1, 0.15) is 0 Å². The number of nitrogens with one attached hydrogen (secondary N) is 1. The van der Waals surface area contributed by atoms with Crippen LogP contribution in [0.2, 0.25) is 0 Å². The molecule has 0 saturated carbocycles. The van der Waals surface area contributed by atoms with Crippen molar-refractivity contribution < 1.29 is 0 Å². The van der Waals surface area contributed by atoms with Crippen LogP contribution in [0.5, 0.6) is 0 Å². The number of rotatable bonds is 5. The Morgan fingerprint density at radius 2 is 1.58 bits per heavy atom. The van der Waals surface area contributed by atoms with Crippen LogP contribution in [0.1, 0.15) is 47.0 Å². The van der Waals surface area contributed by atoms with Gasteiger partial charge in [-0.15, -0.1) is 0 Å². The maximum Gasteiger partial charge on any atom is 0.0122 e. The Hall–Kier alpha value is -0.0800. The van der Waals surface area contributed by atoms with Crippen molar-refractivity contribution in [1.82, 2.24) is 5.32 Å². The van der Waals surface area contributed by atoms with Gasteiger partial charge in [0.25, 0.3) is 0 Å². The Morgan fingerprint density at radius 1 is 1.08 bits per heavy atom. The molecule has 2 heteroatoms. The van der Waals surface area contributed by atoms with Gasteiger partial charge < -0.3 is 11.1 Å². The van der Waals surface area contributed by atoms with Gasteiger partial charge in [-0.3, -0.25) is 0 Å². The fraction of sp³-hybridized carbons (Fsp3) is 1.00. The number of hydrogen-bond acceptors (Lipinski definition) is 2. The molecule has 0 aromatic heterocycles. The Labute approximate surface area is 76.9 Å². The SMILES string of the molecule is CNC(C)(C)CCCC(C)(C)N. The first-order valence-corrected chi connectivity index (χ1v) is 4.75. The molecule has 0 aliphatic carbocycles. The van der Waals surface area contributed by atoms with Gasteiger partial charge >= 0.3 is 0 Å². The summed E-state index contributed by atoms with van der Waals surface area (Å²) in [6.07, 6.45) is 3.47. The lowest BCUT2D eigenvalue weighted by atomic mass is 9.92. The molecule has 0 fully saturated rings. The van der Waals surface area contributed by atoms with E-state index < -0.39 is 0 Å². The average molecular weight is 172 g/mol. The molecule has 0 rings (SSSR count). The van der Waals surface area contributed by atoms with E-state index in [9.17, 15) is 0 Å². The van der Waals surface area contributed by atoms with Crippen LogP contribution in [0.15, 0.2) is 0 Å². The van der Waals surface area contributed by atoms with Crippen molar-refractivity contribution in [2.24, 2.45) is 5.73 Å². The number of nitrogens with two attached hydrogens (primary N) is 1. The molecule has 0 heterocycles. The van der Waals surface area contributed by atoms with Crippen LogP contribution in [-0.2, 0) is 0 Å². The lowest BCUT2D eigenvalue weighted by Crippen LogP contribution is -2.37. The van der Waals surface area contributed by atoms with E-state index in [0.717, 1.165) is 6.42 Å². The van der Waals surface area contributed by atoms with E-state index >= 15 is 0 Å². The molecular formula is C10H24N2. The fourth-order valence-corrected chi connectivity index (χ4v) is 1.11. The smallest absolute Gasteiger partial charge is 0.0122 e. The third kappa shape index (κ3) is 6.62. The second-order valence-corrected chi connectivity index (χ2v) is 4.98. The van der Waals surface area contributed by atoms with Crippen molar-refractivity contribution in [3.05, 3.63) is 0 Å². The van der Waals surface area contributed by atoms with Gasteiger partial charge in [-0.2, -0.15) is 0 Å². The number of hydrogen-bond donors (Lipinski definition) is 2. The summed E-state index contributed by atoms with van der Waals surface area (Å²) < 4.78 is 0. The summed E-state index contributed by atoms with van der Waals surface area (Å²) >= 11 is 0. The normalized spacial score (nSPS) is 13.5. The Balaban J connectivity index is 3.57. The lowest BCUT2D eigenvalue weighted by Gasteiger charge is -2.26. The van der Waals surface area contributed by atoms with Gasteiger partial charge in [0.05, 0.1) is 0 Å². The minimum Gasteiger partial charge on any atom is -0.326 e. The van der Waals surface area contributed by atoms with E-state index in [4.69, 9.17) is 5.73 Å². The zero-order chi connectivity index (χ0) is 9.83. The lowest BCUT2D eigenvalue weighted by molar-refractivity contribution is 0.350. The summed E-state index contributed by atoms with van der Waals surface area (Å²) in [7, 11) is 2.01. The highest BCUT2D eigenvalue weighted by Crippen LogP contribution is 2.16. The third-order valence-electron chi connectivity index (χ3n) is 2.30. The molecule has 0 atom stereocenters. The van der Waals surface area contributed by atoms with Crippen molar-refractivity contribution in [2.75, 3.05) is 7.05 Å². The molecule has 12 heavy (non-hydrogen) atoms. The standard InChI is InChI=1S/C10H24N2/c1-9(2,11)7-6-8-10(3,4)12-5/h12H,6-8,11H2,1-5H3. The molecule has 0 aliphatic heterocycles. The monoisotopic (exact) mass is 172 g/mol. The van der Waals surface area contributed by atoms with Crippen LogP contribution in [0.3, 0.4) is 0 Å². The van der Waals surface area contributed by atoms with Crippen LogP contribution >= 0.6 is 0 Å². The fourth-order valence-electron chi connectivity index (χ4n) is 1.11. The van der Waals surface area contributed by atoms with Crippen molar-refractivity contribution in [3.8, 4) is 0 Å². The summed E-state index contributed by atoms with van der Waals surface area (Å²) in [5.74, 6) is 0. The molecule has 3 N–H and O–H groups in total. The third-order valence-corrected chi connectivity index (χ3v) is 2.30. The largest absolute Gasteiger partial charge is 0.326 e. The van der Waals surface area contributed by atoms with Crippen LogP contribution in [0.4, 0.5) is 0 Å². The highest BCUT2D eigenvalue weighted by molar-refractivity contribution is 4.78. The molecule has 0 aromatic rings. The average Bonchev–Trinajstić information content (AvgIpc) is 1.84. The first-order valence-electron chi connectivity index (χ1n) is 4.75. The summed E-state index contributed by atoms with van der Waals surface area (Å²) in [6, 6.07) is 0. The van der Waals surface area contributed by atoms with Gasteiger partial charge in [-0.25, -0.2) is 0 Å². The molecule has 0 bridgehead atoms. The summed E-state index contributed by atoms with van der Waals surface area (Å²) in [5.41, 5.74) is 6.13. The van der Waals surface area contributed by atoms with Crippen LogP contribution in [0, 0.1) is 0 Å². The van der Waals surface area contributed by atoms with Crippen molar-refractivity contribution >= 4 is 0 Å². The zero-order valence-corrected chi connectivity index (χ0v) is 9.20. The maximum atomic E-state index is 5.89. The molecule has 74 valence electrons. The summed E-state index contributed by atoms with van der Waals surface area (Å²) in [6.45, 7) is 8.60. The molecule has 2 nitrogen and oxygen atoms in total. The topological polar surface area (TPSA) is 38.0 Å².